The van der Waals surface area contributed by atoms with Gasteiger partial charge in [0.2, 0.25) is 5.95 Å². The molecular weight excluding hydrogens is 322 g/mol. The highest BCUT2D eigenvalue weighted by Gasteiger charge is 2.45. The summed E-state index contributed by atoms with van der Waals surface area (Å²) < 4.78 is 5.48. The fraction of sp³-hybridized carbons (Fsp3) is 0.706. The Morgan fingerprint density at radius 1 is 1.40 bits per heavy atom. The fourth-order valence-corrected chi connectivity index (χ4v) is 3.62. The van der Waals surface area contributed by atoms with E-state index in [0.717, 1.165) is 13.0 Å². The van der Waals surface area contributed by atoms with Gasteiger partial charge in [0.05, 0.1) is 11.7 Å². The Hall–Kier alpha value is -2.25. The maximum absolute atomic E-state index is 12.4. The van der Waals surface area contributed by atoms with Gasteiger partial charge in [-0.15, -0.1) is 0 Å². The lowest BCUT2D eigenvalue weighted by Gasteiger charge is -2.54. The SMILES string of the molecule is CCc1nc(N)[nH]c(=O)c1N1CC2CCN(C(=O)OC(C)(C)C)CC21. The third-order valence-corrected chi connectivity index (χ3v) is 4.81. The van der Waals surface area contributed by atoms with E-state index >= 15 is 0 Å². The summed E-state index contributed by atoms with van der Waals surface area (Å²) in [6.45, 7) is 9.61. The number of amides is 1. The van der Waals surface area contributed by atoms with Gasteiger partial charge in [0.15, 0.2) is 0 Å². The van der Waals surface area contributed by atoms with Gasteiger partial charge in [0.1, 0.15) is 11.3 Å². The van der Waals surface area contributed by atoms with Crippen molar-refractivity contribution in [2.75, 3.05) is 30.3 Å². The molecule has 0 aromatic carbocycles. The predicted octanol–water partition coefficient (Wildman–Crippen LogP) is 1.36. The van der Waals surface area contributed by atoms with Crippen molar-refractivity contribution in [2.24, 2.45) is 5.92 Å². The number of aromatic amines is 1. The molecule has 0 spiro atoms. The van der Waals surface area contributed by atoms with Crippen molar-refractivity contribution < 1.29 is 9.53 Å². The summed E-state index contributed by atoms with van der Waals surface area (Å²) in [6, 6.07) is 0.123. The second-order valence-corrected chi connectivity index (χ2v) is 7.79. The number of nitrogens with two attached hydrogens (primary N) is 1. The smallest absolute Gasteiger partial charge is 0.410 e. The molecular formula is C17H27N5O3. The van der Waals surface area contributed by atoms with E-state index in [1.54, 1.807) is 4.90 Å². The zero-order valence-electron chi connectivity index (χ0n) is 15.3. The van der Waals surface area contributed by atoms with Crippen molar-refractivity contribution in [3.63, 3.8) is 0 Å². The average molecular weight is 349 g/mol. The van der Waals surface area contributed by atoms with Crippen molar-refractivity contribution in [1.29, 1.82) is 0 Å². The van der Waals surface area contributed by atoms with Crippen LogP contribution < -0.4 is 16.2 Å². The second-order valence-electron chi connectivity index (χ2n) is 7.79. The molecule has 3 heterocycles. The summed E-state index contributed by atoms with van der Waals surface area (Å²) in [4.78, 5) is 35.4. The van der Waals surface area contributed by atoms with Gasteiger partial charge in [-0.2, -0.15) is 0 Å². The molecule has 8 heteroatoms. The van der Waals surface area contributed by atoms with Crippen molar-refractivity contribution in [2.45, 2.75) is 52.2 Å². The summed E-state index contributed by atoms with van der Waals surface area (Å²) in [6.07, 6.45) is 1.26. The maximum Gasteiger partial charge on any atom is 0.410 e. The van der Waals surface area contributed by atoms with Crippen LogP contribution in [-0.2, 0) is 11.2 Å². The molecule has 2 atom stereocenters. The van der Waals surface area contributed by atoms with Gasteiger partial charge in [-0.3, -0.25) is 9.78 Å². The minimum atomic E-state index is -0.513. The molecule has 1 aromatic rings. The summed E-state index contributed by atoms with van der Waals surface area (Å²) in [7, 11) is 0. The van der Waals surface area contributed by atoms with Crippen LogP contribution in [0.3, 0.4) is 0 Å². The number of carbonyl (C=O) groups is 1. The zero-order chi connectivity index (χ0) is 18.4. The normalized spacial score (nSPS) is 23.0. The van der Waals surface area contributed by atoms with E-state index in [0.29, 0.717) is 36.8 Å². The van der Waals surface area contributed by atoms with Gasteiger partial charge in [0, 0.05) is 25.6 Å². The molecule has 2 unspecified atom stereocenters. The van der Waals surface area contributed by atoms with E-state index in [1.807, 2.05) is 27.7 Å². The Kier molecular flexibility index (Phi) is 4.38. The van der Waals surface area contributed by atoms with Crippen molar-refractivity contribution in [3.05, 3.63) is 16.0 Å². The Morgan fingerprint density at radius 2 is 2.12 bits per heavy atom. The molecule has 0 bridgehead atoms. The van der Waals surface area contributed by atoms with Crippen LogP contribution in [0.1, 0.15) is 39.8 Å². The number of nitrogens with one attached hydrogen (secondary N) is 1. The third-order valence-electron chi connectivity index (χ3n) is 4.81. The lowest BCUT2D eigenvalue weighted by Crippen LogP contribution is -2.66. The summed E-state index contributed by atoms with van der Waals surface area (Å²) in [5.41, 5.74) is 6.23. The van der Waals surface area contributed by atoms with Crippen LogP contribution in [0.25, 0.3) is 0 Å². The number of carbonyl (C=O) groups excluding carboxylic acids is 1. The molecule has 3 N–H and O–H groups in total. The Morgan fingerprint density at radius 3 is 2.76 bits per heavy atom. The van der Waals surface area contributed by atoms with Crippen molar-refractivity contribution in [3.8, 4) is 0 Å². The summed E-state index contributed by atoms with van der Waals surface area (Å²) in [5.74, 6) is 0.627. The van der Waals surface area contributed by atoms with Crippen molar-refractivity contribution in [1.82, 2.24) is 14.9 Å². The Labute approximate surface area is 147 Å². The number of hydrogen-bond donors (Lipinski definition) is 2. The van der Waals surface area contributed by atoms with E-state index in [4.69, 9.17) is 10.5 Å². The van der Waals surface area contributed by atoms with Crippen LogP contribution in [0.15, 0.2) is 4.79 Å². The molecule has 0 aliphatic carbocycles. The quantitative estimate of drug-likeness (QED) is 0.835. The van der Waals surface area contributed by atoms with Gasteiger partial charge in [-0.25, -0.2) is 9.78 Å². The number of aromatic nitrogens is 2. The average Bonchev–Trinajstić information content (AvgIpc) is 2.48. The van der Waals surface area contributed by atoms with Crippen LogP contribution >= 0.6 is 0 Å². The van der Waals surface area contributed by atoms with E-state index in [-0.39, 0.29) is 23.6 Å². The summed E-state index contributed by atoms with van der Waals surface area (Å²) >= 11 is 0. The number of aryl methyl sites for hydroxylation is 1. The molecule has 2 fully saturated rings. The molecule has 0 radical (unpaired) electrons. The van der Waals surface area contributed by atoms with Gasteiger partial charge in [-0.05, 0) is 33.6 Å². The van der Waals surface area contributed by atoms with Crippen LogP contribution in [0.2, 0.25) is 0 Å². The molecule has 2 aliphatic rings. The number of ether oxygens (including phenoxy) is 1. The van der Waals surface area contributed by atoms with Crippen LogP contribution in [-0.4, -0.2) is 52.2 Å². The number of fused-ring (bicyclic) bond motifs is 1. The first-order chi connectivity index (χ1) is 11.7. The number of piperidine rings is 1. The minimum absolute atomic E-state index is 0.123. The summed E-state index contributed by atoms with van der Waals surface area (Å²) in [5, 5.41) is 0. The number of rotatable bonds is 2. The first-order valence-corrected chi connectivity index (χ1v) is 8.83. The first kappa shape index (κ1) is 17.6. The zero-order valence-corrected chi connectivity index (χ0v) is 15.3. The number of anilines is 2. The van der Waals surface area contributed by atoms with Crippen molar-refractivity contribution >= 4 is 17.7 Å². The Bertz CT molecular complexity index is 724. The number of H-pyrrole nitrogens is 1. The van der Waals surface area contributed by atoms with Gasteiger partial charge < -0.3 is 20.3 Å². The highest BCUT2D eigenvalue weighted by atomic mass is 16.6. The fourth-order valence-electron chi connectivity index (χ4n) is 3.62. The van der Waals surface area contributed by atoms with Crippen LogP contribution in [0, 0.1) is 5.92 Å². The number of likely N-dealkylation sites (tertiary alicyclic amines) is 1. The van der Waals surface area contributed by atoms with E-state index in [1.165, 1.54) is 0 Å². The number of hydrogen-bond acceptors (Lipinski definition) is 6. The topological polar surface area (TPSA) is 105 Å². The molecule has 1 amide bonds. The van der Waals surface area contributed by atoms with Gasteiger partial charge in [-0.1, -0.05) is 6.92 Å². The standard InChI is InChI=1S/C17H27N5O3/c1-5-11-13(14(23)20-15(18)19-11)22-8-10-6-7-21(9-12(10)22)16(24)25-17(2,3)4/h10,12H,5-9H2,1-4H3,(H3,18,19,20,23). The molecule has 2 aliphatic heterocycles. The lowest BCUT2D eigenvalue weighted by molar-refractivity contribution is 0.0106. The lowest BCUT2D eigenvalue weighted by atomic mass is 9.82. The Balaban J connectivity index is 1.78. The molecule has 138 valence electrons. The monoisotopic (exact) mass is 349 g/mol. The predicted molar refractivity (Wildman–Crippen MR) is 95.7 cm³/mol. The van der Waals surface area contributed by atoms with Gasteiger partial charge >= 0.3 is 6.09 Å². The number of nitrogen functional groups attached to an aromatic ring is 1. The van der Waals surface area contributed by atoms with E-state index in [9.17, 15) is 9.59 Å². The van der Waals surface area contributed by atoms with E-state index < -0.39 is 5.60 Å². The highest BCUT2D eigenvalue weighted by molar-refractivity contribution is 5.69. The second kappa shape index (κ2) is 6.24. The largest absolute Gasteiger partial charge is 0.444 e. The van der Waals surface area contributed by atoms with Gasteiger partial charge in [0.25, 0.3) is 5.56 Å². The first-order valence-electron chi connectivity index (χ1n) is 8.83. The van der Waals surface area contributed by atoms with Crippen LogP contribution in [0.5, 0.6) is 0 Å². The third kappa shape index (κ3) is 3.43. The maximum atomic E-state index is 12.4. The molecule has 1 aromatic heterocycles. The van der Waals surface area contributed by atoms with E-state index in [2.05, 4.69) is 14.9 Å². The number of nitrogens with zero attached hydrogens (tertiary/aromatic N) is 3. The minimum Gasteiger partial charge on any atom is -0.444 e. The highest BCUT2D eigenvalue weighted by Crippen LogP contribution is 2.36. The molecule has 0 saturated carbocycles. The molecule has 25 heavy (non-hydrogen) atoms. The molecule has 2 saturated heterocycles. The van der Waals surface area contributed by atoms with Crippen LogP contribution in [0.4, 0.5) is 16.4 Å². The molecule has 3 rings (SSSR count). The molecule has 8 nitrogen and oxygen atoms in total.